The second kappa shape index (κ2) is 11.0. The van der Waals surface area contributed by atoms with E-state index in [2.05, 4.69) is 39.5 Å². The third kappa shape index (κ3) is 5.29. The summed E-state index contributed by atoms with van der Waals surface area (Å²) in [4.78, 5) is 30.8. The van der Waals surface area contributed by atoms with Crippen molar-refractivity contribution < 1.29 is 19.4 Å². The quantitative estimate of drug-likeness (QED) is 0.209. The lowest BCUT2D eigenvalue weighted by Gasteiger charge is -2.27. The maximum Gasteiger partial charge on any atom is 0.300 e. The fourth-order valence-corrected chi connectivity index (χ4v) is 5.17. The Kier molecular flexibility index (Phi) is 7.86. The van der Waals surface area contributed by atoms with Crippen LogP contribution >= 0.6 is 0 Å². The third-order valence-corrected chi connectivity index (χ3v) is 7.37. The van der Waals surface area contributed by atoms with E-state index in [-0.39, 0.29) is 16.7 Å². The molecule has 6 heteroatoms. The molecule has 0 saturated carbocycles. The van der Waals surface area contributed by atoms with Gasteiger partial charge < -0.3 is 14.7 Å². The maximum atomic E-state index is 13.6. The predicted molar refractivity (Wildman–Crippen MR) is 158 cm³/mol. The van der Waals surface area contributed by atoms with Crippen LogP contribution in [0.3, 0.4) is 0 Å². The summed E-state index contributed by atoms with van der Waals surface area (Å²) < 4.78 is 5.56. The Labute approximate surface area is 231 Å². The molecule has 1 saturated heterocycles. The number of carbonyl (C=O) groups excluding carboxylic acids is 2. The van der Waals surface area contributed by atoms with Gasteiger partial charge in [-0.25, -0.2) is 0 Å². The molecule has 6 nitrogen and oxygen atoms in total. The number of nitrogens with zero attached hydrogens (tertiary/aromatic N) is 2. The molecule has 0 spiro atoms. The number of aryl methyl sites for hydroxylation is 1. The van der Waals surface area contributed by atoms with Gasteiger partial charge in [0.05, 0.1) is 18.7 Å². The topological polar surface area (TPSA) is 70.1 Å². The zero-order valence-electron chi connectivity index (χ0n) is 23.9. The lowest BCUT2D eigenvalue weighted by molar-refractivity contribution is -0.132. The van der Waals surface area contributed by atoms with Crippen molar-refractivity contribution in [2.75, 3.05) is 30.0 Å². The van der Waals surface area contributed by atoms with E-state index in [1.807, 2.05) is 61.5 Å². The smallest absolute Gasteiger partial charge is 0.300 e. The van der Waals surface area contributed by atoms with Crippen LogP contribution in [-0.2, 0) is 15.0 Å². The first-order chi connectivity index (χ1) is 18.5. The average Bonchev–Trinajstić information content (AvgIpc) is 3.19. The molecule has 1 unspecified atom stereocenters. The Hall–Kier alpha value is -4.06. The summed E-state index contributed by atoms with van der Waals surface area (Å²) >= 11 is 0. The van der Waals surface area contributed by atoms with Crippen LogP contribution < -0.4 is 14.5 Å². The molecule has 204 valence electrons. The Morgan fingerprint density at radius 3 is 2.10 bits per heavy atom. The fourth-order valence-electron chi connectivity index (χ4n) is 5.17. The molecule has 0 bridgehead atoms. The fraction of sp³-hybridized carbons (Fsp3) is 0.333. The molecule has 0 aromatic heterocycles. The Bertz CT molecular complexity index is 1400. The first kappa shape index (κ1) is 28.0. The SMILES string of the molecule is CCN(CC)c1ccc(C2/C(=C(/O)c3ccc(OC)c(C(C)(C)C)c3)C(=O)C(=O)N2c2ccc(C)cc2)cc1. The van der Waals surface area contributed by atoms with Gasteiger partial charge in [0.1, 0.15) is 11.5 Å². The standard InChI is InChI=1S/C33H38N2O4/c1-8-34(9-2)24-17-12-22(13-18-24)29-28(31(37)32(38)35(29)25-15-10-21(3)11-16-25)30(36)23-14-19-27(39-7)26(20-23)33(4,5)6/h10-20,29,36H,8-9H2,1-7H3/b30-28-. The highest BCUT2D eigenvalue weighted by molar-refractivity contribution is 6.51. The van der Waals surface area contributed by atoms with E-state index >= 15 is 0 Å². The number of hydrogen-bond acceptors (Lipinski definition) is 5. The molecule has 0 radical (unpaired) electrons. The molecule has 3 aromatic carbocycles. The van der Waals surface area contributed by atoms with Gasteiger partial charge in [0.2, 0.25) is 0 Å². The normalized spacial score (nSPS) is 17.0. The van der Waals surface area contributed by atoms with Gasteiger partial charge in [-0.3, -0.25) is 14.5 Å². The van der Waals surface area contributed by atoms with E-state index in [0.29, 0.717) is 17.0 Å². The van der Waals surface area contributed by atoms with Crippen molar-refractivity contribution in [3.8, 4) is 5.75 Å². The van der Waals surface area contributed by atoms with E-state index in [0.717, 1.165) is 35.5 Å². The van der Waals surface area contributed by atoms with Gasteiger partial charge in [-0.2, -0.15) is 0 Å². The van der Waals surface area contributed by atoms with E-state index < -0.39 is 17.7 Å². The summed E-state index contributed by atoms with van der Waals surface area (Å²) in [6.07, 6.45) is 0. The van der Waals surface area contributed by atoms with Crippen LogP contribution in [0.15, 0.2) is 72.3 Å². The van der Waals surface area contributed by atoms with Crippen molar-refractivity contribution in [2.45, 2.75) is 53.0 Å². The summed E-state index contributed by atoms with van der Waals surface area (Å²) in [6.45, 7) is 14.1. The summed E-state index contributed by atoms with van der Waals surface area (Å²) in [6, 6.07) is 20.0. The molecule has 1 N–H and O–H groups in total. The zero-order chi connectivity index (χ0) is 28.5. The van der Waals surface area contributed by atoms with Crippen molar-refractivity contribution in [3.05, 3.63) is 94.6 Å². The largest absolute Gasteiger partial charge is 0.507 e. The maximum absolute atomic E-state index is 13.6. The second-order valence-corrected chi connectivity index (χ2v) is 10.9. The number of amides is 1. The number of benzene rings is 3. The number of rotatable bonds is 7. The number of carbonyl (C=O) groups is 2. The van der Waals surface area contributed by atoms with Crippen LogP contribution in [0.2, 0.25) is 0 Å². The molecule has 1 aliphatic heterocycles. The average molecular weight is 527 g/mol. The van der Waals surface area contributed by atoms with Crippen LogP contribution in [0, 0.1) is 6.92 Å². The molecule has 1 heterocycles. The number of aliphatic hydroxyl groups is 1. The van der Waals surface area contributed by atoms with Gasteiger partial charge in [-0.1, -0.05) is 50.6 Å². The van der Waals surface area contributed by atoms with Crippen LogP contribution in [-0.4, -0.2) is 37.0 Å². The number of aliphatic hydroxyl groups excluding tert-OH is 1. The second-order valence-electron chi connectivity index (χ2n) is 10.9. The molecule has 0 aliphatic carbocycles. The Balaban J connectivity index is 1.93. The molecule has 1 fully saturated rings. The van der Waals surface area contributed by atoms with Crippen molar-refractivity contribution in [1.82, 2.24) is 0 Å². The van der Waals surface area contributed by atoms with Gasteiger partial charge in [0.15, 0.2) is 0 Å². The van der Waals surface area contributed by atoms with Gasteiger partial charge in [0.25, 0.3) is 11.7 Å². The Morgan fingerprint density at radius 2 is 1.56 bits per heavy atom. The lowest BCUT2D eigenvalue weighted by atomic mass is 9.84. The highest BCUT2D eigenvalue weighted by atomic mass is 16.5. The first-order valence-electron chi connectivity index (χ1n) is 13.4. The first-order valence-corrected chi connectivity index (χ1v) is 13.4. The molecule has 4 rings (SSSR count). The minimum atomic E-state index is -0.779. The minimum absolute atomic E-state index is 0.0705. The van der Waals surface area contributed by atoms with E-state index in [1.165, 1.54) is 4.90 Å². The number of anilines is 2. The highest BCUT2D eigenvalue weighted by Crippen LogP contribution is 2.43. The molecule has 1 atom stereocenters. The van der Waals surface area contributed by atoms with Crippen LogP contribution in [0.1, 0.15) is 62.9 Å². The molecular weight excluding hydrogens is 488 g/mol. The van der Waals surface area contributed by atoms with Crippen molar-refractivity contribution >= 4 is 28.8 Å². The molecular formula is C33H38N2O4. The van der Waals surface area contributed by atoms with Crippen molar-refractivity contribution in [2.24, 2.45) is 0 Å². The zero-order valence-corrected chi connectivity index (χ0v) is 23.9. The van der Waals surface area contributed by atoms with Gasteiger partial charge in [0, 0.05) is 35.6 Å². The summed E-state index contributed by atoms with van der Waals surface area (Å²) in [5.41, 5.74) is 4.61. The number of Topliss-reactive ketones (excluding diaryl/α,β-unsaturated/α-hetero) is 1. The predicted octanol–water partition coefficient (Wildman–Crippen LogP) is 6.77. The highest BCUT2D eigenvalue weighted by Gasteiger charge is 2.47. The molecule has 3 aromatic rings. The van der Waals surface area contributed by atoms with E-state index in [9.17, 15) is 14.7 Å². The summed E-state index contributed by atoms with van der Waals surface area (Å²) in [5.74, 6) is -0.876. The number of ketones is 1. The van der Waals surface area contributed by atoms with E-state index in [1.54, 1.807) is 19.2 Å². The number of ether oxygens (including phenoxy) is 1. The monoisotopic (exact) mass is 526 g/mol. The van der Waals surface area contributed by atoms with Gasteiger partial charge in [-0.05, 0) is 74.2 Å². The minimum Gasteiger partial charge on any atom is -0.507 e. The number of hydrogen-bond donors (Lipinski definition) is 1. The number of methoxy groups -OCH3 is 1. The molecule has 1 amide bonds. The Morgan fingerprint density at radius 1 is 0.949 bits per heavy atom. The van der Waals surface area contributed by atoms with Crippen LogP contribution in [0.5, 0.6) is 5.75 Å². The van der Waals surface area contributed by atoms with Gasteiger partial charge in [-0.15, -0.1) is 0 Å². The molecule has 39 heavy (non-hydrogen) atoms. The van der Waals surface area contributed by atoms with Gasteiger partial charge >= 0.3 is 0 Å². The summed E-state index contributed by atoms with van der Waals surface area (Å²) in [7, 11) is 1.61. The van der Waals surface area contributed by atoms with Crippen molar-refractivity contribution in [1.29, 1.82) is 0 Å². The third-order valence-electron chi connectivity index (χ3n) is 7.37. The molecule has 1 aliphatic rings. The van der Waals surface area contributed by atoms with E-state index in [4.69, 9.17) is 4.74 Å². The van der Waals surface area contributed by atoms with Crippen LogP contribution in [0.25, 0.3) is 5.76 Å². The lowest BCUT2D eigenvalue weighted by Crippen LogP contribution is -2.29. The van der Waals surface area contributed by atoms with Crippen LogP contribution in [0.4, 0.5) is 11.4 Å². The van der Waals surface area contributed by atoms with Crippen molar-refractivity contribution in [3.63, 3.8) is 0 Å². The summed E-state index contributed by atoms with van der Waals surface area (Å²) in [5, 5.41) is 11.7.